The van der Waals surface area contributed by atoms with Crippen LogP contribution >= 0.6 is 0 Å². The van der Waals surface area contributed by atoms with E-state index in [-0.39, 0.29) is 25.1 Å². The predicted octanol–water partition coefficient (Wildman–Crippen LogP) is 2.49. The highest BCUT2D eigenvalue weighted by molar-refractivity contribution is 5.94. The highest BCUT2D eigenvalue weighted by atomic mass is 19.1. The molecule has 0 saturated heterocycles. The van der Waals surface area contributed by atoms with Crippen LogP contribution in [-0.2, 0) is 6.54 Å². The lowest BCUT2D eigenvalue weighted by Crippen LogP contribution is -2.23. The fourth-order valence-corrected chi connectivity index (χ4v) is 2.20. The molecular weight excluding hydrogens is 289 g/mol. The Balaban J connectivity index is 1.71. The van der Waals surface area contributed by atoms with Crippen LogP contribution in [0.1, 0.15) is 15.9 Å². The Kier molecular flexibility index (Phi) is 3.82. The van der Waals surface area contributed by atoms with Crippen molar-refractivity contribution in [2.75, 3.05) is 13.9 Å². The zero-order valence-corrected chi connectivity index (χ0v) is 11.9. The van der Waals surface area contributed by atoms with E-state index in [1.165, 1.54) is 25.3 Å². The van der Waals surface area contributed by atoms with E-state index in [1.807, 2.05) is 0 Å². The normalized spacial score (nSPS) is 12.1. The SMILES string of the molecule is COc1ccc(F)cc1CNC(=O)c1ccc2c(c1)OCO2. The summed E-state index contributed by atoms with van der Waals surface area (Å²) in [7, 11) is 1.50. The Labute approximate surface area is 126 Å². The van der Waals surface area contributed by atoms with Gasteiger partial charge >= 0.3 is 0 Å². The van der Waals surface area contributed by atoms with Gasteiger partial charge in [-0.2, -0.15) is 0 Å². The van der Waals surface area contributed by atoms with E-state index in [4.69, 9.17) is 14.2 Å². The predicted molar refractivity (Wildman–Crippen MR) is 76.7 cm³/mol. The summed E-state index contributed by atoms with van der Waals surface area (Å²) < 4.78 is 28.9. The molecule has 0 aromatic heterocycles. The minimum Gasteiger partial charge on any atom is -0.496 e. The molecule has 0 saturated carbocycles. The van der Waals surface area contributed by atoms with Crippen LogP contribution in [0.4, 0.5) is 4.39 Å². The topological polar surface area (TPSA) is 56.8 Å². The van der Waals surface area contributed by atoms with Crippen molar-refractivity contribution in [3.8, 4) is 17.2 Å². The molecule has 0 radical (unpaired) electrons. The molecule has 5 nitrogen and oxygen atoms in total. The Morgan fingerprint density at radius 1 is 1.23 bits per heavy atom. The average Bonchev–Trinajstić information content (AvgIpc) is 3.00. The van der Waals surface area contributed by atoms with Gasteiger partial charge in [0.1, 0.15) is 11.6 Å². The lowest BCUT2D eigenvalue weighted by atomic mass is 10.1. The Bertz CT molecular complexity index is 717. The number of hydrogen-bond donors (Lipinski definition) is 1. The van der Waals surface area contributed by atoms with Crippen molar-refractivity contribution in [2.24, 2.45) is 0 Å². The number of ether oxygens (including phenoxy) is 3. The van der Waals surface area contributed by atoms with E-state index in [9.17, 15) is 9.18 Å². The summed E-state index contributed by atoms with van der Waals surface area (Å²) in [4.78, 5) is 12.2. The van der Waals surface area contributed by atoms with Crippen molar-refractivity contribution >= 4 is 5.91 Å². The first kappa shape index (κ1) is 14.2. The number of methoxy groups -OCH3 is 1. The van der Waals surface area contributed by atoms with Gasteiger partial charge in [-0.05, 0) is 36.4 Å². The maximum atomic E-state index is 13.3. The van der Waals surface area contributed by atoms with Crippen molar-refractivity contribution in [2.45, 2.75) is 6.54 Å². The summed E-state index contributed by atoms with van der Waals surface area (Å²) in [5.74, 6) is 1.00. The molecule has 1 N–H and O–H groups in total. The number of benzene rings is 2. The van der Waals surface area contributed by atoms with Crippen LogP contribution in [0.5, 0.6) is 17.2 Å². The maximum Gasteiger partial charge on any atom is 0.251 e. The van der Waals surface area contributed by atoms with Gasteiger partial charge in [-0.25, -0.2) is 4.39 Å². The molecular formula is C16H14FNO4. The fourth-order valence-electron chi connectivity index (χ4n) is 2.20. The van der Waals surface area contributed by atoms with Crippen molar-refractivity contribution < 1.29 is 23.4 Å². The smallest absolute Gasteiger partial charge is 0.251 e. The summed E-state index contributed by atoms with van der Waals surface area (Å²) >= 11 is 0. The van der Waals surface area contributed by atoms with Crippen molar-refractivity contribution in [3.05, 3.63) is 53.3 Å². The second kappa shape index (κ2) is 5.93. The van der Waals surface area contributed by atoms with Crippen LogP contribution in [0.15, 0.2) is 36.4 Å². The lowest BCUT2D eigenvalue weighted by Gasteiger charge is -2.10. The third-order valence-corrected chi connectivity index (χ3v) is 3.32. The first-order chi connectivity index (χ1) is 10.7. The van der Waals surface area contributed by atoms with Gasteiger partial charge < -0.3 is 19.5 Å². The molecule has 1 aliphatic rings. The number of carbonyl (C=O) groups excluding carboxylic acids is 1. The third-order valence-electron chi connectivity index (χ3n) is 3.32. The standard InChI is InChI=1S/C16H14FNO4/c1-20-13-5-3-12(17)6-11(13)8-18-16(19)10-2-4-14-15(7-10)22-9-21-14/h2-7H,8-9H2,1H3,(H,18,19). The molecule has 0 unspecified atom stereocenters. The largest absolute Gasteiger partial charge is 0.496 e. The van der Waals surface area contributed by atoms with Crippen LogP contribution < -0.4 is 19.5 Å². The molecule has 0 fully saturated rings. The molecule has 3 rings (SSSR count). The molecule has 114 valence electrons. The first-order valence-corrected chi connectivity index (χ1v) is 6.67. The number of fused-ring (bicyclic) bond motifs is 1. The Hall–Kier alpha value is -2.76. The van der Waals surface area contributed by atoms with E-state index >= 15 is 0 Å². The highest BCUT2D eigenvalue weighted by Gasteiger charge is 2.16. The van der Waals surface area contributed by atoms with Gasteiger partial charge in [0, 0.05) is 17.7 Å². The quantitative estimate of drug-likeness (QED) is 0.943. The summed E-state index contributed by atoms with van der Waals surface area (Å²) in [5, 5.41) is 2.73. The number of carbonyl (C=O) groups is 1. The van der Waals surface area contributed by atoms with Gasteiger partial charge in [-0.3, -0.25) is 4.79 Å². The number of nitrogens with one attached hydrogen (secondary N) is 1. The van der Waals surface area contributed by atoms with E-state index in [0.29, 0.717) is 28.4 Å². The van der Waals surface area contributed by atoms with Crippen LogP contribution in [0.25, 0.3) is 0 Å². The van der Waals surface area contributed by atoms with E-state index in [1.54, 1.807) is 18.2 Å². The van der Waals surface area contributed by atoms with E-state index < -0.39 is 0 Å². The average molecular weight is 303 g/mol. The second-order valence-electron chi connectivity index (χ2n) is 4.71. The second-order valence-corrected chi connectivity index (χ2v) is 4.71. The number of halogens is 1. The van der Waals surface area contributed by atoms with Gasteiger partial charge in [-0.15, -0.1) is 0 Å². The molecule has 1 heterocycles. The minimum absolute atomic E-state index is 0.154. The van der Waals surface area contributed by atoms with Gasteiger partial charge in [0.15, 0.2) is 11.5 Å². The molecule has 6 heteroatoms. The zero-order chi connectivity index (χ0) is 15.5. The first-order valence-electron chi connectivity index (χ1n) is 6.67. The molecule has 1 amide bonds. The fraction of sp³-hybridized carbons (Fsp3) is 0.188. The highest BCUT2D eigenvalue weighted by Crippen LogP contribution is 2.32. The van der Waals surface area contributed by atoms with Gasteiger partial charge in [0.2, 0.25) is 6.79 Å². The van der Waals surface area contributed by atoms with Gasteiger partial charge in [0.05, 0.1) is 7.11 Å². The summed E-state index contributed by atoms with van der Waals surface area (Å²) in [6, 6.07) is 9.10. The molecule has 22 heavy (non-hydrogen) atoms. The van der Waals surface area contributed by atoms with E-state index in [0.717, 1.165) is 0 Å². The van der Waals surface area contributed by atoms with E-state index in [2.05, 4.69) is 5.32 Å². The molecule has 0 bridgehead atoms. The Morgan fingerprint density at radius 2 is 2.05 bits per heavy atom. The van der Waals surface area contributed by atoms with Gasteiger partial charge in [0.25, 0.3) is 5.91 Å². The third kappa shape index (κ3) is 2.81. The van der Waals surface area contributed by atoms with Crippen molar-refractivity contribution in [1.82, 2.24) is 5.32 Å². The molecule has 0 atom stereocenters. The zero-order valence-electron chi connectivity index (χ0n) is 11.9. The summed E-state index contributed by atoms with van der Waals surface area (Å²) in [5.41, 5.74) is 1.01. The number of amides is 1. The monoisotopic (exact) mass is 303 g/mol. The maximum absolute atomic E-state index is 13.3. The Morgan fingerprint density at radius 3 is 2.86 bits per heavy atom. The van der Waals surface area contributed by atoms with Crippen LogP contribution in [0.3, 0.4) is 0 Å². The summed E-state index contributed by atoms with van der Waals surface area (Å²) in [6.07, 6.45) is 0. The van der Waals surface area contributed by atoms with Crippen LogP contribution in [0.2, 0.25) is 0 Å². The van der Waals surface area contributed by atoms with Crippen molar-refractivity contribution in [1.29, 1.82) is 0 Å². The van der Waals surface area contributed by atoms with Crippen molar-refractivity contribution in [3.63, 3.8) is 0 Å². The molecule has 2 aromatic carbocycles. The van der Waals surface area contributed by atoms with Gasteiger partial charge in [-0.1, -0.05) is 0 Å². The van der Waals surface area contributed by atoms with Crippen LogP contribution in [0, 0.1) is 5.82 Å². The summed E-state index contributed by atoms with van der Waals surface area (Å²) in [6.45, 7) is 0.315. The molecule has 0 spiro atoms. The lowest BCUT2D eigenvalue weighted by molar-refractivity contribution is 0.0950. The molecule has 0 aliphatic carbocycles. The molecule has 2 aromatic rings. The number of hydrogen-bond acceptors (Lipinski definition) is 4. The minimum atomic E-state index is -0.381. The van der Waals surface area contributed by atoms with Crippen LogP contribution in [-0.4, -0.2) is 19.8 Å². The number of rotatable bonds is 4. The molecule has 1 aliphatic heterocycles.